The molecule has 2 spiro atoms. The number of carbonyl (C=O) groups excluding carboxylic acids is 2. The molecule has 0 radical (unpaired) electrons. The van der Waals surface area contributed by atoms with Gasteiger partial charge >= 0.3 is 12.7 Å². The molecule has 0 unspecified atom stereocenters. The molecule has 91 heavy (non-hydrogen) atoms. The van der Waals surface area contributed by atoms with E-state index in [1.54, 1.807) is 12.1 Å². The minimum absolute atomic E-state index is 0.0461. The topological polar surface area (TPSA) is 213 Å². The number of piperidine rings is 2. The number of carbonyl (C=O) groups is 2. The third-order valence-corrected chi connectivity index (χ3v) is 29.9. The highest BCUT2D eigenvalue weighted by atomic mass is 79.9. The Hall–Kier alpha value is -5.93. The summed E-state index contributed by atoms with van der Waals surface area (Å²) in [7, 11) is -10.9. The lowest BCUT2D eigenvalue weighted by atomic mass is 9.89. The molecule has 2 amide bonds. The van der Waals surface area contributed by atoms with Gasteiger partial charge in [-0.15, -0.1) is 26.3 Å². The largest absolute Gasteiger partial charge is 0.573 e. The third-order valence-electron chi connectivity index (χ3n) is 16.9. The second-order valence-corrected chi connectivity index (χ2v) is 39.3. The Labute approximate surface area is 540 Å². The zero-order chi connectivity index (χ0) is 67.8. The van der Waals surface area contributed by atoms with Crippen molar-refractivity contribution < 1.29 is 80.6 Å². The van der Waals surface area contributed by atoms with Gasteiger partial charge in [-0.1, -0.05) is 107 Å². The molecule has 18 nitrogen and oxygen atoms in total. The zero-order valence-corrected chi connectivity index (χ0v) is 58.4. The quantitative estimate of drug-likeness (QED) is 0.0510. The molecular formula is C62H81BrF6N6O12S2Si2. The van der Waals surface area contributed by atoms with E-state index in [1.165, 1.54) is 39.0 Å². The van der Waals surface area contributed by atoms with Gasteiger partial charge in [-0.05, 0) is 135 Å². The van der Waals surface area contributed by atoms with Crippen LogP contribution in [-0.2, 0) is 38.5 Å². The summed E-state index contributed by atoms with van der Waals surface area (Å²) in [5.41, 5.74) is 0.799. The van der Waals surface area contributed by atoms with Crippen LogP contribution in [0.4, 0.5) is 26.3 Å². The fourth-order valence-corrected chi connectivity index (χ4v) is 13.8. The molecule has 4 aliphatic heterocycles. The third kappa shape index (κ3) is 19.8. The molecule has 4 heterocycles. The monoisotopic (exact) mass is 1410 g/mol. The number of aliphatic imine (C=N–C) groups is 2. The maximum atomic E-state index is 13.2. The van der Waals surface area contributed by atoms with E-state index in [2.05, 4.69) is 120 Å². The summed E-state index contributed by atoms with van der Waals surface area (Å²) in [4.78, 5) is 34.3. The van der Waals surface area contributed by atoms with Gasteiger partial charge in [0.25, 0.3) is 11.8 Å². The maximum absolute atomic E-state index is 13.2. The Balaban J connectivity index is 0.000000241. The van der Waals surface area contributed by atoms with E-state index in [-0.39, 0.29) is 84.7 Å². The summed E-state index contributed by atoms with van der Waals surface area (Å²) in [6, 6.07) is 21.7. The Morgan fingerprint density at radius 3 is 1.37 bits per heavy atom. The van der Waals surface area contributed by atoms with Gasteiger partial charge in [-0.2, -0.15) is 8.61 Å². The van der Waals surface area contributed by atoms with Gasteiger partial charge in [0.15, 0.2) is 16.6 Å². The van der Waals surface area contributed by atoms with Gasteiger partial charge in [0.05, 0.1) is 13.2 Å². The molecule has 4 aromatic rings. The predicted octanol–water partition coefficient (Wildman–Crippen LogP) is 12.9. The Bertz CT molecular complexity index is 3600. The summed E-state index contributed by atoms with van der Waals surface area (Å²) >= 11 is 3.51. The highest BCUT2D eigenvalue weighted by Gasteiger charge is 2.49. The van der Waals surface area contributed by atoms with Crippen LogP contribution < -0.4 is 29.6 Å². The highest BCUT2D eigenvalue weighted by molar-refractivity contribution is 9.10. The molecule has 2 N–H and O–H groups in total. The van der Waals surface area contributed by atoms with Crippen LogP contribution in [0.1, 0.15) is 95.0 Å². The summed E-state index contributed by atoms with van der Waals surface area (Å²) in [5.74, 6) is 0.126. The Kier molecular flexibility index (Phi) is 23.7. The zero-order valence-electron chi connectivity index (χ0n) is 53.2. The first-order chi connectivity index (χ1) is 42.0. The molecular weight excluding hydrogens is 1330 g/mol. The van der Waals surface area contributed by atoms with E-state index in [0.29, 0.717) is 37.7 Å². The van der Waals surface area contributed by atoms with Crippen LogP contribution in [0.15, 0.2) is 117 Å². The lowest BCUT2D eigenvalue weighted by Crippen LogP contribution is -2.50. The number of sulfonamides is 2. The van der Waals surface area contributed by atoms with Crippen LogP contribution in [0.2, 0.25) is 36.3 Å². The number of nitrogens with zero attached hydrogens (tertiary/aromatic N) is 4. The number of benzene rings is 4. The lowest BCUT2D eigenvalue weighted by molar-refractivity contribution is -0.275. The number of hydrogen-bond donors (Lipinski definition) is 2. The van der Waals surface area contributed by atoms with Gasteiger partial charge in [-0.25, -0.2) is 16.8 Å². The van der Waals surface area contributed by atoms with Crippen LogP contribution in [0.5, 0.6) is 23.0 Å². The van der Waals surface area contributed by atoms with E-state index >= 15 is 0 Å². The SMILES string of the molecule is C=CS(=O)(=O)N1CCC2(CC1)N=C(c1cccc(OC(F)(F)F)c1)NC2=O.Cc1c(/C=C/S(=O)(=O)N2CCC3(CC2)N=C(c2cccc(OC(F)(F)F)c2)NC3=O)cccc1OCCO[Si](C)(C)C(C)(C)C.Cc1c(Br)cccc1OCCO[Si](C)(C)C(C)(C)C. The van der Waals surface area contributed by atoms with Crippen molar-refractivity contribution in [3.8, 4) is 23.0 Å². The van der Waals surface area contributed by atoms with E-state index in [9.17, 15) is 52.8 Å². The maximum Gasteiger partial charge on any atom is 0.573 e. The number of amidine groups is 2. The highest BCUT2D eigenvalue weighted by Crippen LogP contribution is 2.39. The number of rotatable bonds is 19. The first-order valence-electron chi connectivity index (χ1n) is 29.3. The standard InChI is InChI=1S/C31H40F3N3O6SSi.C16H16F3N3O4S.C15H25BrO2Si/c1-22-23(9-8-12-26(22)41-18-19-42-45(5,6)29(2,3)4)13-20-44(39,40)37-16-14-30(15-17-37)28(38)35-27(36-30)24-10-7-11-25(21-24)43-31(32,33)34;1-2-27(24,25)22-8-6-15(7-9-22)14(23)20-13(21-15)11-4-3-5-12(10-11)26-16(17,18)19;1-12-13(16)8-7-9-14(12)17-10-11-18-19(5,6)15(2,3)4/h7-13,20-21H,14-19H2,1-6H3,(H,35,36,38);2-5,10H,1,6-9H2,(H,20,21,23);7-9H,10-11H2,1-6H3/b20-13+;;. The second kappa shape index (κ2) is 29.2. The average molecular weight is 1420 g/mol. The first kappa shape index (κ1) is 74.1. The van der Waals surface area contributed by atoms with E-state index in [1.807, 2.05) is 38.1 Å². The van der Waals surface area contributed by atoms with E-state index in [4.69, 9.17) is 18.3 Å². The summed E-state index contributed by atoms with van der Waals surface area (Å²) in [5, 5.41) is 7.55. The minimum atomic E-state index is -4.86. The normalized spacial score (nSPS) is 17.5. The number of alkyl halides is 6. The van der Waals surface area contributed by atoms with Crippen LogP contribution in [0, 0.1) is 13.8 Å². The number of amides is 2. The van der Waals surface area contributed by atoms with Crippen LogP contribution in [0.3, 0.4) is 0 Å². The number of halogens is 7. The van der Waals surface area contributed by atoms with Crippen molar-refractivity contribution in [1.82, 2.24) is 19.2 Å². The van der Waals surface area contributed by atoms with Crippen LogP contribution in [0.25, 0.3) is 6.08 Å². The van der Waals surface area contributed by atoms with Gasteiger partial charge in [0.1, 0.15) is 59.0 Å². The minimum Gasteiger partial charge on any atom is -0.491 e. The molecule has 0 bridgehead atoms. The molecule has 0 aromatic heterocycles. The molecule has 2 fully saturated rings. The molecule has 2 saturated heterocycles. The van der Waals surface area contributed by atoms with Crippen molar-refractivity contribution in [1.29, 1.82) is 0 Å². The average Bonchev–Trinajstić information content (AvgIpc) is 1.70. The molecule has 500 valence electrons. The van der Waals surface area contributed by atoms with Crippen molar-refractivity contribution >= 4 is 82.2 Å². The Morgan fingerprint density at radius 1 is 0.593 bits per heavy atom. The number of hydrogen-bond acceptors (Lipinski definition) is 14. The fraction of sp³-hybridized carbons (Fsp3) is 0.484. The summed E-state index contributed by atoms with van der Waals surface area (Å²) < 4.78 is 161. The van der Waals surface area contributed by atoms with Crippen LogP contribution in [-0.4, -0.2) is 142 Å². The number of ether oxygens (including phenoxy) is 4. The van der Waals surface area contributed by atoms with Gasteiger partial charge in [-0.3, -0.25) is 19.6 Å². The lowest BCUT2D eigenvalue weighted by Gasteiger charge is -2.36. The second-order valence-electron chi connectivity index (χ2n) is 25.1. The van der Waals surface area contributed by atoms with Crippen molar-refractivity contribution in [3.63, 3.8) is 0 Å². The van der Waals surface area contributed by atoms with E-state index < -0.39 is 83.8 Å². The summed E-state index contributed by atoms with van der Waals surface area (Å²) in [6.45, 7) is 31.7. The molecule has 0 atom stereocenters. The molecule has 0 saturated carbocycles. The van der Waals surface area contributed by atoms with E-state index in [0.717, 1.165) is 56.4 Å². The van der Waals surface area contributed by atoms with Crippen molar-refractivity contribution in [3.05, 3.63) is 135 Å². The molecule has 29 heteroatoms. The van der Waals surface area contributed by atoms with Gasteiger partial charge < -0.3 is 38.4 Å². The smallest absolute Gasteiger partial charge is 0.491 e. The molecule has 8 rings (SSSR count). The van der Waals surface area contributed by atoms with Gasteiger partial charge in [0, 0.05) is 58.2 Å². The van der Waals surface area contributed by atoms with Crippen molar-refractivity contribution in [2.75, 3.05) is 52.6 Å². The van der Waals surface area contributed by atoms with Crippen LogP contribution >= 0.6 is 15.9 Å². The van der Waals surface area contributed by atoms with Crippen molar-refractivity contribution in [2.45, 2.75) is 141 Å². The van der Waals surface area contributed by atoms with Crippen molar-refractivity contribution in [2.24, 2.45) is 9.98 Å². The summed E-state index contributed by atoms with van der Waals surface area (Å²) in [6.07, 6.45) is -7.60. The molecule has 4 aromatic carbocycles. The number of nitrogens with one attached hydrogen (secondary N) is 2. The van der Waals surface area contributed by atoms with Gasteiger partial charge in [0.2, 0.25) is 20.0 Å². The molecule has 0 aliphatic carbocycles. The predicted molar refractivity (Wildman–Crippen MR) is 347 cm³/mol. The molecule has 4 aliphatic rings. The fourth-order valence-electron chi connectivity index (χ4n) is 9.28. The Morgan fingerprint density at radius 2 is 0.978 bits per heavy atom. The first-order valence-corrected chi connectivity index (χ1v) is 38.9.